The molecule has 2 aromatic carbocycles. The summed E-state index contributed by atoms with van der Waals surface area (Å²) >= 11 is 3.20. The lowest BCUT2D eigenvalue weighted by Crippen LogP contribution is -1.97. The van der Waals surface area contributed by atoms with E-state index >= 15 is 0 Å². The lowest BCUT2D eigenvalue weighted by Gasteiger charge is -2.09. The minimum atomic E-state index is -0.299. The van der Waals surface area contributed by atoms with E-state index in [-0.39, 0.29) is 19.2 Å². The van der Waals surface area contributed by atoms with Crippen LogP contribution in [0.1, 0.15) is 5.56 Å². The van der Waals surface area contributed by atoms with Crippen molar-refractivity contribution in [2.75, 3.05) is 6.79 Å². The molecule has 0 aromatic heterocycles. The Morgan fingerprint density at radius 3 is 2.89 bits per heavy atom. The number of fused-ring (bicyclic) bond motifs is 1. The van der Waals surface area contributed by atoms with Crippen molar-refractivity contribution in [2.24, 2.45) is 0 Å². The maximum atomic E-state index is 13.3. The third kappa shape index (κ3) is 2.51. The molecule has 0 radical (unpaired) electrons. The molecule has 5 heteroatoms. The van der Waals surface area contributed by atoms with Gasteiger partial charge in [0.2, 0.25) is 6.79 Å². The summed E-state index contributed by atoms with van der Waals surface area (Å²) in [6.45, 7) is 0.506. The molecule has 3 rings (SSSR count). The van der Waals surface area contributed by atoms with E-state index in [2.05, 4.69) is 15.9 Å². The zero-order valence-corrected chi connectivity index (χ0v) is 11.4. The summed E-state index contributed by atoms with van der Waals surface area (Å²) in [6.07, 6.45) is 0. The van der Waals surface area contributed by atoms with Gasteiger partial charge in [-0.3, -0.25) is 0 Å². The van der Waals surface area contributed by atoms with E-state index in [0.29, 0.717) is 21.7 Å². The van der Waals surface area contributed by atoms with E-state index in [0.717, 1.165) is 5.56 Å². The fourth-order valence-corrected chi connectivity index (χ4v) is 2.17. The summed E-state index contributed by atoms with van der Waals surface area (Å²) in [4.78, 5) is 0. The fraction of sp³-hybridized carbons (Fsp3) is 0.143. The van der Waals surface area contributed by atoms with Crippen LogP contribution >= 0.6 is 15.9 Å². The van der Waals surface area contributed by atoms with Gasteiger partial charge in [-0.1, -0.05) is 12.1 Å². The van der Waals surface area contributed by atoms with Gasteiger partial charge in [0.1, 0.15) is 18.2 Å². The Kier molecular flexibility index (Phi) is 3.29. The van der Waals surface area contributed by atoms with Gasteiger partial charge in [0.15, 0.2) is 11.5 Å². The molecule has 1 aliphatic heterocycles. The van der Waals surface area contributed by atoms with Crippen molar-refractivity contribution in [2.45, 2.75) is 6.61 Å². The summed E-state index contributed by atoms with van der Waals surface area (Å²) in [6, 6.07) is 10.2. The van der Waals surface area contributed by atoms with Crippen LogP contribution in [0.25, 0.3) is 0 Å². The summed E-state index contributed by atoms with van der Waals surface area (Å²) in [5.74, 6) is 1.72. The Bertz CT molecular complexity index is 616. The minimum Gasteiger partial charge on any atom is -0.489 e. The molecule has 0 bridgehead atoms. The number of benzene rings is 2. The second-order valence-corrected chi connectivity index (χ2v) is 4.81. The van der Waals surface area contributed by atoms with Gasteiger partial charge in [-0.2, -0.15) is 0 Å². The van der Waals surface area contributed by atoms with Gasteiger partial charge in [-0.05, 0) is 34.1 Å². The quantitative estimate of drug-likeness (QED) is 0.857. The van der Waals surface area contributed by atoms with E-state index in [1.807, 2.05) is 0 Å². The van der Waals surface area contributed by atoms with E-state index in [9.17, 15) is 4.39 Å². The number of halogens is 2. The monoisotopic (exact) mass is 324 g/mol. The van der Waals surface area contributed by atoms with Crippen molar-refractivity contribution in [3.8, 4) is 17.2 Å². The number of hydrogen-bond donors (Lipinski definition) is 0. The average Bonchev–Trinajstić information content (AvgIpc) is 2.88. The van der Waals surface area contributed by atoms with Crippen LogP contribution in [0.3, 0.4) is 0 Å². The Morgan fingerprint density at radius 2 is 2.00 bits per heavy atom. The molecule has 0 aliphatic carbocycles. The molecule has 3 nitrogen and oxygen atoms in total. The summed E-state index contributed by atoms with van der Waals surface area (Å²) in [5, 5.41) is 0. The van der Waals surface area contributed by atoms with Crippen molar-refractivity contribution in [1.82, 2.24) is 0 Å². The first-order valence-corrected chi connectivity index (χ1v) is 6.48. The number of hydrogen-bond acceptors (Lipinski definition) is 3. The molecular formula is C14H10BrFO3. The predicted octanol–water partition coefficient (Wildman–Crippen LogP) is 3.90. The largest absolute Gasteiger partial charge is 0.489 e. The zero-order chi connectivity index (χ0) is 13.2. The zero-order valence-electron chi connectivity index (χ0n) is 9.86. The van der Waals surface area contributed by atoms with Crippen LogP contribution in [-0.2, 0) is 6.61 Å². The highest BCUT2D eigenvalue weighted by Gasteiger charge is 2.14. The van der Waals surface area contributed by atoms with Crippen molar-refractivity contribution in [3.05, 3.63) is 52.3 Å². The van der Waals surface area contributed by atoms with Crippen molar-refractivity contribution < 1.29 is 18.6 Å². The van der Waals surface area contributed by atoms with Gasteiger partial charge in [0, 0.05) is 11.6 Å². The molecule has 0 fully saturated rings. The third-order valence-corrected chi connectivity index (χ3v) is 3.66. The van der Waals surface area contributed by atoms with Gasteiger partial charge in [0.05, 0.1) is 4.47 Å². The molecule has 1 aliphatic rings. The Labute approximate surface area is 118 Å². The van der Waals surface area contributed by atoms with Gasteiger partial charge in [-0.15, -0.1) is 0 Å². The molecular weight excluding hydrogens is 315 g/mol. The Balaban J connectivity index is 1.74. The number of rotatable bonds is 3. The minimum absolute atomic E-state index is 0.230. The van der Waals surface area contributed by atoms with E-state index in [4.69, 9.17) is 14.2 Å². The maximum Gasteiger partial charge on any atom is 0.231 e. The van der Waals surface area contributed by atoms with Crippen LogP contribution in [0.15, 0.2) is 40.9 Å². The fourth-order valence-electron chi connectivity index (χ4n) is 1.79. The molecule has 19 heavy (non-hydrogen) atoms. The van der Waals surface area contributed by atoms with E-state index in [1.54, 1.807) is 30.3 Å². The highest BCUT2D eigenvalue weighted by atomic mass is 79.9. The lowest BCUT2D eigenvalue weighted by molar-refractivity contribution is 0.173. The van der Waals surface area contributed by atoms with Crippen LogP contribution < -0.4 is 14.2 Å². The Morgan fingerprint density at radius 1 is 1.16 bits per heavy atom. The van der Waals surface area contributed by atoms with Crippen molar-refractivity contribution >= 4 is 15.9 Å². The summed E-state index contributed by atoms with van der Waals surface area (Å²) in [7, 11) is 0. The van der Waals surface area contributed by atoms with Crippen LogP contribution in [-0.4, -0.2) is 6.79 Å². The molecule has 0 atom stereocenters. The highest BCUT2D eigenvalue weighted by molar-refractivity contribution is 9.10. The molecule has 0 spiro atoms. The third-order valence-electron chi connectivity index (χ3n) is 2.77. The molecule has 1 heterocycles. The van der Waals surface area contributed by atoms with Crippen molar-refractivity contribution in [1.29, 1.82) is 0 Å². The van der Waals surface area contributed by atoms with E-state index in [1.165, 1.54) is 6.07 Å². The van der Waals surface area contributed by atoms with Crippen LogP contribution in [0.2, 0.25) is 0 Å². The van der Waals surface area contributed by atoms with Gasteiger partial charge < -0.3 is 14.2 Å². The summed E-state index contributed by atoms with van der Waals surface area (Å²) in [5.41, 5.74) is 0.748. The molecule has 0 saturated heterocycles. The normalized spacial score (nSPS) is 12.5. The maximum absolute atomic E-state index is 13.3. The van der Waals surface area contributed by atoms with Gasteiger partial charge in [-0.25, -0.2) is 4.39 Å². The molecule has 98 valence electrons. The molecule has 0 amide bonds. The molecule has 0 unspecified atom stereocenters. The highest BCUT2D eigenvalue weighted by Crippen LogP contribution is 2.35. The average molecular weight is 325 g/mol. The second-order valence-electron chi connectivity index (χ2n) is 4.02. The first-order chi connectivity index (χ1) is 9.24. The smallest absolute Gasteiger partial charge is 0.231 e. The molecule has 0 saturated carbocycles. The second kappa shape index (κ2) is 5.09. The SMILES string of the molecule is Fc1cccc(COc2ccc3c(c2)OCO3)c1Br. The summed E-state index contributed by atoms with van der Waals surface area (Å²) < 4.78 is 29.9. The first-order valence-electron chi connectivity index (χ1n) is 5.69. The predicted molar refractivity (Wildman–Crippen MR) is 71.0 cm³/mol. The standard InChI is InChI=1S/C14H10BrFO3/c15-14-9(2-1-3-11(14)16)7-17-10-4-5-12-13(6-10)19-8-18-12/h1-6H,7-8H2. The first kappa shape index (κ1) is 12.3. The lowest BCUT2D eigenvalue weighted by atomic mass is 10.2. The van der Waals surface area contributed by atoms with E-state index < -0.39 is 0 Å². The topological polar surface area (TPSA) is 27.7 Å². The van der Waals surface area contributed by atoms with Gasteiger partial charge >= 0.3 is 0 Å². The van der Waals surface area contributed by atoms with Crippen molar-refractivity contribution in [3.63, 3.8) is 0 Å². The Hall–Kier alpha value is -1.75. The molecule has 2 aromatic rings. The molecule has 0 N–H and O–H groups in total. The van der Waals surface area contributed by atoms with Crippen LogP contribution in [0, 0.1) is 5.82 Å². The van der Waals surface area contributed by atoms with Crippen LogP contribution in [0.5, 0.6) is 17.2 Å². The van der Waals surface area contributed by atoms with Crippen LogP contribution in [0.4, 0.5) is 4.39 Å². The van der Waals surface area contributed by atoms with Gasteiger partial charge in [0.25, 0.3) is 0 Å². The number of ether oxygens (including phenoxy) is 3.